The summed E-state index contributed by atoms with van der Waals surface area (Å²) < 4.78 is 14.8. The highest BCUT2D eigenvalue weighted by Gasteiger charge is 2.24. The summed E-state index contributed by atoms with van der Waals surface area (Å²) in [5.41, 5.74) is 1.78. The van der Waals surface area contributed by atoms with Crippen molar-refractivity contribution in [2.24, 2.45) is 10.9 Å². The van der Waals surface area contributed by atoms with Crippen molar-refractivity contribution in [2.45, 2.75) is 39.2 Å². The molecule has 0 atom stereocenters. The molecule has 1 aromatic heterocycles. The van der Waals surface area contributed by atoms with E-state index < -0.39 is 0 Å². The van der Waals surface area contributed by atoms with Crippen molar-refractivity contribution >= 4 is 35.8 Å². The molecule has 2 aromatic rings. The fourth-order valence-corrected chi connectivity index (χ4v) is 3.54. The first-order valence-electron chi connectivity index (χ1n) is 10.5. The van der Waals surface area contributed by atoms with Crippen LogP contribution in [0.2, 0.25) is 0 Å². The summed E-state index contributed by atoms with van der Waals surface area (Å²) in [6, 6.07) is 8.54. The second kappa shape index (κ2) is 12.0. The van der Waals surface area contributed by atoms with Crippen LogP contribution in [0.15, 0.2) is 41.5 Å². The molecule has 1 amide bonds. The molecule has 170 valence electrons. The van der Waals surface area contributed by atoms with Gasteiger partial charge in [0, 0.05) is 51.3 Å². The molecule has 0 spiro atoms. The third kappa shape index (κ3) is 7.19. The molecule has 0 radical (unpaired) electrons. The average Bonchev–Trinajstić information content (AvgIpc) is 3.22. The van der Waals surface area contributed by atoms with E-state index in [1.165, 1.54) is 12.1 Å². The van der Waals surface area contributed by atoms with Gasteiger partial charge in [0.15, 0.2) is 5.96 Å². The summed E-state index contributed by atoms with van der Waals surface area (Å²) in [5.74, 6) is 0.791. The summed E-state index contributed by atoms with van der Waals surface area (Å²) in [6.07, 6.45) is 4.46. The van der Waals surface area contributed by atoms with Crippen molar-refractivity contribution < 1.29 is 9.18 Å². The maximum atomic E-state index is 13.1. The predicted octanol–water partition coefficient (Wildman–Crippen LogP) is 2.98. The average molecular weight is 542 g/mol. The quantitative estimate of drug-likeness (QED) is 0.335. The number of carbonyl (C=O) groups is 1. The number of benzene rings is 1. The van der Waals surface area contributed by atoms with E-state index in [1.807, 2.05) is 31.0 Å². The van der Waals surface area contributed by atoms with Crippen LogP contribution in [0.1, 0.15) is 32.4 Å². The highest BCUT2D eigenvalue weighted by Crippen LogP contribution is 2.13. The minimum Gasteiger partial charge on any atom is -0.356 e. The van der Waals surface area contributed by atoms with Crippen molar-refractivity contribution in [3.05, 3.63) is 48.0 Å². The molecular weight excluding hydrogens is 510 g/mol. The van der Waals surface area contributed by atoms with Crippen molar-refractivity contribution in [1.29, 1.82) is 0 Å². The Kier molecular flexibility index (Phi) is 9.73. The Morgan fingerprint density at radius 2 is 1.90 bits per heavy atom. The zero-order valence-corrected chi connectivity index (χ0v) is 20.7. The fourth-order valence-electron chi connectivity index (χ4n) is 3.54. The van der Waals surface area contributed by atoms with Gasteiger partial charge in [0.1, 0.15) is 5.82 Å². The SMILES string of the molecule is CN=C(NCCc1ccn(-c2ccc(F)cc2)n1)NC1CCN(C(=O)C(C)C)CC1.I. The number of carbonyl (C=O) groups excluding carboxylic acids is 1. The number of likely N-dealkylation sites (tertiary alicyclic amines) is 1. The molecule has 31 heavy (non-hydrogen) atoms. The van der Waals surface area contributed by atoms with E-state index in [4.69, 9.17) is 0 Å². The number of aliphatic imine (C=N–C) groups is 1. The van der Waals surface area contributed by atoms with E-state index in [0.717, 1.165) is 49.7 Å². The molecule has 2 N–H and O–H groups in total. The van der Waals surface area contributed by atoms with Crippen LogP contribution in [0.4, 0.5) is 4.39 Å². The maximum Gasteiger partial charge on any atom is 0.225 e. The van der Waals surface area contributed by atoms with Gasteiger partial charge in [-0.2, -0.15) is 5.10 Å². The number of rotatable bonds is 6. The predicted molar refractivity (Wildman–Crippen MR) is 132 cm³/mol. The van der Waals surface area contributed by atoms with E-state index >= 15 is 0 Å². The van der Waals surface area contributed by atoms with Gasteiger partial charge in [-0.15, -0.1) is 24.0 Å². The molecule has 1 fully saturated rings. The molecule has 0 unspecified atom stereocenters. The van der Waals surface area contributed by atoms with Gasteiger partial charge in [0.05, 0.1) is 11.4 Å². The van der Waals surface area contributed by atoms with Gasteiger partial charge in [0.2, 0.25) is 5.91 Å². The number of hydrogen-bond donors (Lipinski definition) is 2. The minimum absolute atomic E-state index is 0. The number of amides is 1. The van der Waals surface area contributed by atoms with Crippen LogP contribution < -0.4 is 10.6 Å². The summed E-state index contributed by atoms with van der Waals surface area (Å²) in [6.45, 7) is 6.16. The Balaban J connectivity index is 0.00000341. The number of halogens is 2. The van der Waals surface area contributed by atoms with Gasteiger partial charge in [-0.3, -0.25) is 9.79 Å². The first-order chi connectivity index (χ1) is 14.5. The molecule has 2 heterocycles. The number of piperidine rings is 1. The molecule has 1 aromatic carbocycles. The Labute approximate surface area is 200 Å². The Hall–Kier alpha value is -2.17. The number of nitrogens with one attached hydrogen (secondary N) is 2. The van der Waals surface area contributed by atoms with Crippen LogP contribution >= 0.6 is 24.0 Å². The normalized spacial score (nSPS) is 15.0. The van der Waals surface area contributed by atoms with Crippen LogP contribution in [0.3, 0.4) is 0 Å². The van der Waals surface area contributed by atoms with Gasteiger partial charge < -0.3 is 15.5 Å². The van der Waals surface area contributed by atoms with Gasteiger partial charge in [0.25, 0.3) is 0 Å². The first kappa shape index (κ1) is 25.1. The first-order valence-corrected chi connectivity index (χ1v) is 10.5. The van der Waals surface area contributed by atoms with Crippen molar-refractivity contribution in [3.8, 4) is 5.69 Å². The van der Waals surface area contributed by atoms with Gasteiger partial charge >= 0.3 is 0 Å². The van der Waals surface area contributed by atoms with Gasteiger partial charge in [-0.05, 0) is 43.2 Å². The molecule has 9 heteroatoms. The molecular formula is C22H32FIN6O. The highest BCUT2D eigenvalue weighted by molar-refractivity contribution is 14.0. The number of guanidine groups is 1. The largest absolute Gasteiger partial charge is 0.356 e. The molecule has 7 nitrogen and oxygen atoms in total. The molecule has 3 rings (SSSR count). The lowest BCUT2D eigenvalue weighted by Crippen LogP contribution is -2.50. The lowest BCUT2D eigenvalue weighted by molar-refractivity contribution is -0.135. The van der Waals surface area contributed by atoms with E-state index in [-0.39, 0.29) is 41.6 Å². The zero-order valence-electron chi connectivity index (χ0n) is 18.3. The molecule has 0 saturated carbocycles. The monoisotopic (exact) mass is 542 g/mol. The van der Waals surface area contributed by atoms with Crippen LogP contribution in [-0.2, 0) is 11.2 Å². The van der Waals surface area contributed by atoms with E-state index in [2.05, 4.69) is 20.7 Å². The van der Waals surface area contributed by atoms with Crippen molar-refractivity contribution in [2.75, 3.05) is 26.7 Å². The Morgan fingerprint density at radius 3 is 2.52 bits per heavy atom. The molecule has 1 aliphatic rings. The third-order valence-corrected chi connectivity index (χ3v) is 5.27. The molecule has 1 aliphatic heterocycles. The van der Waals surface area contributed by atoms with Gasteiger partial charge in [-0.25, -0.2) is 9.07 Å². The van der Waals surface area contributed by atoms with Crippen molar-refractivity contribution in [3.63, 3.8) is 0 Å². The molecule has 1 saturated heterocycles. The smallest absolute Gasteiger partial charge is 0.225 e. The minimum atomic E-state index is -0.258. The summed E-state index contributed by atoms with van der Waals surface area (Å²) in [5, 5.41) is 11.3. The van der Waals surface area contributed by atoms with Crippen molar-refractivity contribution in [1.82, 2.24) is 25.3 Å². The Morgan fingerprint density at radius 1 is 1.23 bits per heavy atom. The second-order valence-corrected chi connectivity index (χ2v) is 7.88. The number of hydrogen-bond acceptors (Lipinski definition) is 3. The number of nitrogens with zero attached hydrogens (tertiary/aromatic N) is 4. The van der Waals surface area contributed by atoms with E-state index in [1.54, 1.807) is 23.9 Å². The summed E-state index contributed by atoms with van der Waals surface area (Å²) >= 11 is 0. The highest BCUT2D eigenvalue weighted by atomic mass is 127. The zero-order chi connectivity index (χ0) is 21.5. The summed E-state index contributed by atoms with van der Waals surface area (Å²) in [7, 11) is 1.76. The van der Waals surface area contributed by atoms with Crippen LogP contribution in [0, 0.1) is 11.7 Å². The molecule has 0 bridgehead atoms. The Bertz CT molecular complexity index is 859. The van der Waals surface area contributed by atoms with E-state index in [9.17, 15) is 9.18 Å². The fraction of sp³-hybridized carbons (Fsp3) is 0.500. The van der Waals surface area contributed by atoms with Crippen LogP contribution in [0.25, 0.3) is 5.69 Å². The lowest BCUT2D eigenvalue weighted by atomic mass is 10.0. The number of aromatic nitrogens is 2. The molecule has 0 aliphatic carbocycles. The summed E-state index contributed by atoms with van der Waals surface area (Å²) in [4.78, 5) is 18.4. The standard InChI is InChI=1S/C22H31FN6O.HI/c1-16(2)21(30)28-13-9-18(10-14-28)26-22(24-3)25-12-8-19-11-15-29(27-19)20-6-4-17(23)5-7-20;/h4-7,11,15-16,18H,8-10,12-14H2,1-3H3,(H2,24,25,26);1H. The lowest BCUT2D eigenvalue weighted by Gasteiger charge is -2.34. The van der Waals surface area contributed by atoms with Crippen LogP contribution in [0.5, 0.6) is 0 Å². The van der Waals surface area contributed by atoms with Crippen LogP contribution in [-0.4, -0.2) is 59.3 Å². The topological polar surface area (TPSA) is 74.6 Å². The second-order valence-electron chi connectivity index (χ2n) is 7.88. The third-order valence-electron chi connectivity index (χ3n) is 5.27. The maximum absolute atomic E-state index is 13.1. The van der Waals surface area contributed by atoms with E-state index in [0.29, 0.717) is 12.6 Å². The van der Waals surface area contributed by atoms with Gasteiger partial charge in [-0.1, -0.05) is 13.8 Å².